The lowest BCUT2D eigenvalue weighted by molar-refractivity contribution is 0.248. The third-order valence-corrected chi connectivity index (χ3v) is 2.38. The van der Waals surface area contributed by atoms with Crippen LogP contribution in [0, 0.1) is 11.3 Å². The second-order valence-corrected chi connectivity index (χ2v) is 3.39. The van der Waals surface area contributed by atoms with Crippen LogP contribution >= 0.6 is 11.8 Å². The maximum Gasteiger partial charge on any atom is 0.147 e. The minimum absolute atomic E-state index is 0.434. The first-order chi connectivity index (χ1) is 6.38. The van der Waals surface area contributed by atoms with E-state index in [0.29, 0.717) is 12.4 Å². The van der Waals surface area contributed by atoms with Crippen LogP contribution in [-0.4, -0.2) is 23.9 Å². The Bertz CT molecular complexity index is 265. The number of nitrogens with zero attached hydrogens (tertiary/aromatic N) is 2. The van der Waals surface area contributed by atoms with Crippen molar-refractivity contribution in [2.24, 2.45) is 4.99 Å². The molecule has 0 spiro atoms. The minimum atomic E-state index is 0.434. The summed E-state index contributed by atoms with van der Waals surface area (Å²) in [5.74, 6) is 1.28. The van der Waals surface area contributed by atoms with Gasteiger partial charge in [-0.15, -0.1) is 0 Å². The van der Waals surface area contributed by atoms with Crippen molar-refractivity contribution in [1.29, 1.82) is 5.26 Å². The van der Waals surface area contributed by atoms with Crippen LogP contribution in [0.4, 0.5) is 0 Å². The fourth-order valence-electron chi connectivity index (χ4n) is 1.02. The predicted octanol–water partition coefficient (Wildman–Crippen LogP) is 1.97. The molecular weight excluding hydrogens is 184 g/mol. The van der Waals surface area contributed by atoms with Gasteiger partial charge in [0, 0.05) is 6.54 Å². The molecule has 1 aliphatic rings. The quantitative estimate of drug-likeness (QED) is 0.693. The molecule has 0 aromatic carbocycles. The number of nitriles is 1. The molecule has 0 fully saturated rings. The Morgan fingerprint density at radius 1 is 1.77 bits per heavy atom. The summed E-state index contributed by atoms with van der Waals surface area (Å²) in [5, 5.41) is 9.30. The third kappa shape index (κ3) is 3.11. The molecule has 0 aliphatic carbocycles. The second-order valence-electron chi connectivity index (χ2n) is 2.42. The molecule has 0 aromatic rings. The van der Waals surface area contributed by atoms with Crippen molar-refractivity contribution in [2.45, 2.75) is 13.3 Å². The molecule has 0 saturated heterocycles. The zero-order valence-corrected chi connectivity index (χ0v) is 8.43. The molecule has 3 nitrogen and oxygen atoms in total. The van der Waals surface area contributed by atoms with Crippen LogP contribution in [0.25, 0.3) is 0 Å². The first kappa shape index (κ1) is 10.1. The van der Waals surface area contributed by atoms with Gasteiger partial charge in [-0.2, -0.15) is 5.26 Å². The zero-order valence-electron chi connectivity index (χ0n) is 7.62. The van der Waals surface area contributed by atoms with Gasteiger partial charge in [0.2, 0.25) is 0 Å². The Labute approximate surface area is 82.5 Å². The molecule has 0 amide bonds. The van der Waals surface area contributed by atoms with Crippen molar-refractivity contribution >= 4 is 16.8 Å². The first-order valence-corrected chi connectivity index (χ1v) is 5.24. The highest BCUT2D eigenvalue weighted by molar-refractivity contribution is 8.14. The summed E-state index contributed by atoms with van der Waals surface area (Å²) in [6.45, 7) is 3.41. The number of dihydropyridines is 1. The van der Waals surface area contributed by atoms with Crippen LogP contribution in [0.3, 0.4) is 0 Å². The van der Waals surface area contributed by atoms with Crippen molar-refractivity contribution in [3.05, 3.63) is 11.8 Å². The lowest BCUT2D eigenvalue weighted by Crippen LogP contribution is -2.08. The van der Waals surface area contributed by atoms with E-state index < -0.39 is 0 Å². The Hall–Kier alpha value is -0.950. The van der Waals surface area contributed by atoms with Gasteiger partial charge >= 0.3 is 0 Å². The van der Waals surface area contributed by atoms with Crippen molar-refractivity contribution in [2.75, 3.05) is 18.9 Å². The van der Waals surface area contributed by atoms with Gasteiger partial charge in [-0.25, -0.2) is 0 Å². The lowest BCUT2D eigenvalue weighted by atomic mass is 10.3. The van der Waals surface area contributed by atoms with Crippen molar-refractivity contribution in [3.8, 4) is 6.07 Å². The van der Waals surface area contributed by atoms with Crippen LogP contribution in [0.5, 0.6) is 0 Å². The average Bonchev–Trinajstić information content (AvgIpc) is 2.17. The molecule has 0 radical (unpaired) electrons. The van der Waals surface area contributed by atoms with Crippen LogP contribution < -0.4 is 0 Å². The smallest absolute Gasteiger partial charge is 0.147 e. The van der Waals surface area contributed by atoms with Gasteiger partial charge in [-0.05, 0) is 19.4 Å². The molecule has 0 N–H and O–H groups in total. The van der Waals surface area contributed by atoms with E-state index in [-0.39, 0.29) is 0 Å². The summed E-state index contributed by atoms with van der Waals surface area (Å²) in [4.78, 5) is 4.30. The molecule has 0 bridgehead atoms. The van der Waals surface area contributed by atoms with Gasteiger partial charge in [-0.1, -0.05) is 11.8 Å². The Morgan fingerprint density at radius 3 is 3.31 bits per heavy atom. The van der Waals surface area contributed by atoms with E-state index in [1.165, 1.54) is 11.8 Å². The predicted molar refractivity (Wildman–Crippen MR) is 54.7 cm³/mol. The van der Waals surface area contributed by atoms with Crippen molar-refractivity contribution in [1.82, 2.24) is 0 Å². The van der Waals surface area contributed by atoms with Gasteiger partial charge < -0.3 is 4.74 Å². The largest absolute Gasteiger partial charge is 0.491 e. The molecule has 1 heterocycles. The van der Waals surface area contributed by atoms with Crippen LogP contribution in [0.2, 0.25) is 0 Å². The molecular formula is C9H12N2OS. The van der Waals surface area contributed by atoms with Gasteiger partial charge in [0.15, 0.2) is 0 Å². The average molecular weight is 196 g/mol. The molecule has 0 unspecified atom stereocenters. The van der Waals surface area contributed by atoms with Gasteiger partial charge in [-0.3, -0.25) is 4.99 Å². The van der Waals surface area contributed by atoms with E-state index >= 15 is 0 Å². The molecule has 4 heteroatoms. The standard InChI is InChI=1S/C9H12N2OS/c1-2-12-8-4-3-6-11-9(8)13-7-5-10/h4H,2-3,6-7H2,1H3. The number of aliphatic imine (C=N–C) groups is 1. The summed E-state index contributed by atoms with van der Waals surface area (Å²) in [6, 6.07) is 2.08. The summed E-state index contributed by atoms with van der Waals surface area (Å²) >= 11 is 1.44. The fraction of sp³-hybridized carbons (Fsp3) is 0.556. The molecule has 0 saturated carbocycles. The van der Waals surface area contributed by atoms with E-state index in [1.54, 1.807) is 0 Å². The molecule has 0 aromatic heterocycles. The van der Waals surface area contributed by atoms with Crippen LogP contribution in [-0.2, 0) is 4.74 Å². The van der Waals surface area contributed by atoms with E-state index in [0.717, 1.165) is 23.8 Å². The van der Waals surface area contributed by atoms with Crippen LogP contribution in [0.15, 0.2) is 16.8 Å². The van der Waals surface area contributed by atoms with E-state index in [1.807, 2.05) is 13.0 Å². The Balaban J connectivity index is 2.54. The maximum absolute atomic E-state index is 8.43. The highest BCUT2D eigenvalue weighted by atomic mass is 32.2. The SMILES string of the molecule is CCOC1=CCCN=C1SCC#N. The normalized spacial score (nSPS) is 15.7. The summed E-state index contributed by atoms with van der Waals surface area (Å²) < 4.78 is 5.39. The molecule has 70 valence electrons. The number of ether oxygens (including phenoxy) is 1. The monoisotopic (exact) mass is 196 g/mol. The molecule has 1 aliphatic heterocycles. The van der Waals surface area contributed by atoms with E-state index in [9.17, 15) is 0 Å². The van der Waals surface area contributed by atoms with Crippen molar-refractivity contribution in [3.63, 3.8) is 0 Å². The first-order valence-electron chi connectivity index (χ1n) is 4.26. The molecule has 0 atom stereocenters. The van der Waals surface area contributed by atoms with Gasteiger partial charge in [0.05, 0.1) is 18.4 Å². The highest BCUT2D eigenvalue weighted by Gasteiger charge is 2.11. The maximum atomic E-state index is 8.43. The summed E-state index contributed by atoms with van der Waals surface area (Å²) in [6.07, 6.45) is 2.97. The van der Waals surface area contributed by atoms with Gasteiger partial charge in [0.1, 0.15) is 10.8 Å². The highest BCUT2D eigenvalue weighted by Crippen LogP contribution is 2.18. The number of hydrogen-bond donors (Lipinski definition) is 0. The summed E-state index contributed by atoms with van der Waals surface area (Å²) in [5.41, 5.74) is 0. The van der Waals surface area contributed by atoms with Crippen LogP contribution in [0.1, 0.15) is 13.3 Å². The Kier molecular flexibility index (Phi) is 4.41. The van der Waals surface area contributed by atoms with Gasteiger partial charge in [0.25, 0.3) is 0 Å². The van der Waals surface area contributed by atoms with Crippen molar-refractivity contribution < 1.29 is 4.74 Å². The lowest BCUT2D eigenvalue weighted by Gasteiger charge is -2.13. The van der Waals surface area contributed by atoms with E-state index in [2.05, 4.69) is 11.1 Å². The third-order valence-electron chi connectivity index (χ3n) is 1.50. The number of rotatable bonds is 3. The Morgan fingerprint density at radius 2 is 2.62 bits per heavy atom. The molecule has 13 heavy (non-hydrogen) atoms. The fourth-order valence-corrected chi connectivity index (χ4v) is 1.69. The minimum Gasteiger partial charge on any atom is -0.491 e. The number of thioether (sulfide) groups is 1. The van der Waals surface area contributed by atoms with E-state index in [4.69, 9.17) is 10.00 Å². The second kappa shape index (κ2) is 5.65. The summed E-state index contributed by atoms with van der Waals surface area (Å²) in [7, 11) is 0. The topological polar surface area (TPSA) is 45.4 Å². The molecule has 1 rings (SSSR count). The number of hydrogen-bond acceptors (Lipinski definition) is 4. The zero-order chi connectivity index (χ0) is 9.52.